The molecule has 1 amide bonds. The first kappa shape index (κ1) is 17.9. The Kier molecular flexibility index (Phi) is 4.65. The molecule has 0 saturated heterocycles. The molecule has 7 heteroatoms. The first-order valence-corrected chi connectivity index (χ1v) is 8.88. The minimum atomic E-state index is -0.236. The molecule has 28 heavy (non-hydrogen) atoms. The average molecular weight is 379 g/mol. The van der Waals surface area contributed by atoms with Crippen molar-refractivity contribution < 1.29 is 19.0 Å². The van der Waals surface area contributed by atoms with Gasteiger partial charge in [0, 0.05) is 24.0 Å². The van der Waals surface area contributed by atoms with Crippen LogP contribution in [0.25, 0.3) is 5.69 Å². The maximum absolute atomic E-state index is 12.5. The van der Waals surface area contributed by atoms with Gasteiger partial charge in [-0.05, 0) is 30.3 Å². The number of ether oxygens (including phenoxy) is 3. The lowest BCUT2D eigenvalue weighted by atomic mass is 9.89. The minimum Gasteiger partial charge on any atom is -0.497 e. The number of nitrogens with one attached hydrogen (secondary N) is 1. The predicted molar refractivity (Wildman–Crippen MR) is 105 cm³/mol. The van der Waals surface area contributed by atoms with Crippen molar-refractivity contribution >= 4 is 11.7 Å². The molecule has 1 atom stereocenters. The molecule has 1 unspecified atom stereocenters. The van der Waals surface area contributed by atoms with Crippen LogP contribution in [0.15, 0.2) is 48.8 Å². The molecule has 144 valence electrons. The molecular weight excluding hydrogens is 358 g/mol. The lowest BCUT2D eigenvalue weighted by molar-refractivity contribution is -0.116. The van der Waals surface area contributed by atoms with Crippen LogP contribution in [0.1, 0.15) is 23.6 Å². The third-order valence-corrected chi connectivity index (χ3v) is 4.92. The van der Waals surface area contributed by atoms with Crippen LogP contribution < -0.4 is 19.5 Å². The highest BCUT2D eigenvalue weighted by atomic mass is 16.5. The van der Waals surface area contributed by atoms with E-state index >= 15 is 0 Å². The minimum absolute atomic E-state index is 0.0768. The van der Waals surface area contributed by atoms with Gasteiger partial charge in [-0.2, -0.15) is 0 Å². The van der Waals surface area contributed by atoms with Gasteiger partial charge in [0.2, 0.25) is 5.91 Å². The molecule has 2 heterocycles. The summed E-state index contributed by atoms with van der Waals surface area (Å²) >= 11 is 0. The predicted octanol–water partition coefficient (Wildman–Crippen LogP) is 3.37. The summed E-state index contributed by atoms with van der Waals surface area (Å²) in [7, 11) is 4.85. The van der Waals surface area contributed by atoms with Crippen molar-refractivity contribution in [2.45, 2.75) is 12.3 Å². The van der Waals surface area contributed by atoms with E-state index in [2.05, 4.69) is 10.3 Å². The molecule has 3 aromatic rings. The molecule has 0 fully saturated rings. The van der Waals surface area contributed by atoms with Crippen LogP contribution in [0.3, 0.4) is 0 Å². The number of hydrogen-bond donors (Lipinski definition) is 1. The molecule has 0 aliphatic carbocycles. The van der Waals surface area contributed by atoms with Gasteiger partial charge in [0.25, 0.3) is 0 Å². The number of hydrogen-bond acceptors (Lipinski definition) is 5. The molecule has 2 aromatic carbocycles. The average Bonchev–Trinajstić information content (AvgIpc) is 3.16. The topological polar surface area (TPSA) is 74.6 Å². The monoisotopic (exact) mass is 379 g/mol. The Balaban J connectivity index is 1.83. The van der Waals surface area contributed by atoms with Crippen molar-refractivity contribution in [2.24, 2.45) is 0 Å². The van der Waals surface area contributed by atoms with E-state index < -0.39 is 0 Å². The zero-order valence-electron chi connectivity index (χ0n) is 15.9. The number of fused-ring (bicyclic) bond motifs is 1. The van der Waals surface area contributed by atoms with Crippen LogP contribution in [0, 0.1) is 0 Å². The second kappa shape index (κ2) is 7.26. The van der Waals surface area contributed by atoms with Crippen molar-refractivity contribution in [3.05, 3.63) is 60.0 Å². The number of aromatic nitrogens is 2. The first-order valence-electron chi connectivity index (χ1n) is 8.88. The maximum atomic E-state index is 12.5. The van der Waals surface area contributed by atoms with E-state index in [0.29, 0.717) is 17.3 Å². The molecule has 1 aliphatic heterocycles. The van der Waals surface area contributed by atoms with E-state index in [9.17, 15) is 4.79 Å². The summed E-state index contributed by atoms with van der Waals surface area (Å²) in [6.45, 7) is 0. The van der Waals surface area contributed by atoms with Gasteiger partial charge in [-0.3, -0.25) is 9.36 Å². The molecule has 1 aliphatic rings. The smallest absolute Gasteiger partial charge is 0.226 e. The highest BCUT2D eigenvalue weighted by Crippen LogP contribution is 2.42. The number of imidazole rings is 1. The normalized spacial score (nSPS) is 15.5. The Labute approximate surface area is 162 Å². The number of methoxy groups -OCH3 is 3. The fourth-order valence-corrected chi connectivity index (χ4v) is 3.53. The summed E-state index contributed by atoms with van der Waals surface area (Å²) in [5.74, 6) is 2.47. The van der Waals surface area contributed by atoms with Crippen molar-refractivity contribution in [3.63, 3.8) is 0 Å². The zero-order valence-corrected chi connectivity index (χ0v) is 15.9. The summed E-state index contributed by atoms with van der Waals surface area (Å²) in [4.78, 5) is 17.1. The van der Waals surface area contributed by atoms with Crippen molar-refractivity contribution in [1.82, 2.24) is 9.55 Å². The number of amides is 1. The van der Waals surface area contributed by atoms with Crippen LogP contribution in [0.5, 0.6) is 17.2 Å². The summed E-state index contributed by atoms with van der Waals surface area (Å²) in [5, 5.41) is 2.96. The van der Waals surface area contributed by atoms with Crippen molar-refractivity contribution in [1.29, 1.82) is 0 Å². The number of carbonyl (C=O) groups excluding carboxylic acids is 1. The van der Waals surface area contributed by atoms with Gasteiger partial charge in [-0.1, -0.05) is 6.07 Å². The molecule has 0 radical (unpaired) electrons. The molecule has 0 saturated carbocycles. The fourth-order valence-electron chi connectivity index (χ4n) is 3.53. The molecule has 1 N–H and O–H groups in total. The van der Waals surface area contributed by atoms with E-state index in [-0.39, 0.29) is 18.2 Å². The Hall–Kier alpha value is -3.48. The van der Waals surface area contributed by atoms with Gasteiger partial charge in [0.05, 0.1) is 32.7 Å². The van der Waals surface area contributed by atoms with Gasteiger partial charge in [0.15, 0.2) is 0 Å². The Morgan fingerprint density at radius 2 is 1.82 bits per heavy atom. The Morgan fingerprint density at radius 1 is 1.04 bits per heavy atom. The Morgan fingerprint density at radius 3 is 2.57 bits per heavy atom. The van der Waals surface area contributed by atoms with Crippen molar-refractivity contribution in [2.75, 3.05) is 26.6 Å². The second-order valence-electron chi connectivity index (χ2n) is 6.46. The molecule has 0 bridgehead atoms. The van der Waals surface area contributed by atoms with Gasteiger partial charge < -0.3 is 19.5 Å². The first-order chi connectivity index (χ1) is 13.6. The fraction of sp³-hybridized carbons (Fsp3) is 0.238. The Bertz CT molecular complexity index is 1030. The number of carbonyl (C=O) groups is 1. The maximum Gasteiger partial charge on any atom is 0.226 e. The van der Waals surface area contributed by atoms with E-state index in [1.54, 1.807) is 27.7 Å². The SMILES string of the molecule is COc1cccc(-n2cnc3c2NC(=O)CC3c2cc(OC)ccc2OC)c1. The van der Waals surface area contributed by atoms with Crippen molar-refractivity contribution in [3.8, 4) is 22.9 Å². The summed E-state index contributed by atoms with van der Waals surface area (Å²) in [6.07, 6.45) is 2.00. The molecule has 0 spiro atoms. The van der Waals surface area contributed by atoms with Gasteiger partial charge >= 0.3 is 0 Å². The zero-order chi connectivity index (χ0) is 19.7. The van der Waals surface area contributed by atoms with Crippen LogP contribution in [-0.4, -0.2) is 36.8 Å². The molecular formula is C21H21N3O4. The molecule has 1 aromatic heterocycles. The number of benzene rings is 2. The van der Waals surface area contributed by atoms with E-state index in [1.807, 2.05) is 47.0 Å². The van der Waals surface area contributed by atoms with Crippen LogP contribution in [0.2, 0.25) is 0 Å². The number of nitrogens with zero attached hydrogens (tertiary/aromatic N) is 2. The van der Waals surface area contributed by atoms with Crippen LogP contribution in [0.4, 0.5) is 5.82 Å². The van der Waals surface area contributed by atoms with Crippen LogP contribution >= 0.6 is 0 Å². The quantitative estimate of drug-likeness (QED) is 0.736. The molecule has 7 nitrogen and oxygen atoms in total. The van der Waals surface area contributed by atoms with Gasteiger partial charge in [-0.15, -0.1) is 0 Å². The third-order valence-electron chi connectivity index (χ3n) is 4.92. The summed E-state index contributed by atoms with van der Waals surface area (Å²) in [6, 6.07) is 13.2. The lowest BCUT2D eigenvalue weighted by Crippen LogP contribution is -2.25. The standard InChI is InChI=1S/C21H21N3O4/c1-26-14-6-4-5-13(9-14)24-12-22-20-17(11-19(25)23-21(20)24)16-10-15(27-2)7-8-18(16)28-3/h4-10,12,17H,11H2,1-3H3,(H,23,25). The highest BCUT2D eigenvalue weighted by molar-refractivity contribution is 5.94. The summed E-state index contributed by atoms with van der Waals surface area (Å²) in [5.41, 5.74) is 2.51. The lowest BCUT2D eigenvalue weighted by Gasteiger charge is -2.25. The van der Waals surface area contributed by atoms with Gasteiger partial charge in [-0.25, -0.2) is 4.98 Å². The number of anilines is 1. The van der Waals surface area contributed by atoms with E-state index in [0.717, 1.165) is 22.7 Å². The van der Waals surface area contributed by atoms with Crippen LogP contribution in [-0.2, 0) is 4.79 Å². The van der Waals surface area contributed by atoms with Gasteiger partial charge in [0.1, 0.15) is 29.4 Å². The van der Waals surface area contributed by atoms with E-state index in [1.165, 1.54) is 0 Å². The second-order valence-corrected chi connectivity index (χ2v) is 6.46. The molecule has 4 rings (SSSR count). The summed E-state index contributed by atoms with van der Waals surface area (Å²) < 4.78 is 18.1. The highest BCUT2D eigenvalue weighted by Gasteiger charge is 2.33. The third kappa shape index (κ3) is 3.05. The van der Waals surface area contributed by atoms with E-state index in [4.69, 9.17) is 14.2 Å². The largest absolute Gasteiger partial charge is 0.497 e. The number of rotatable bonds is 5.